The lowest BCUT2D eigenvalue weighted by Crippen LogP contribution is -2.28. The van der Waals surface area contributed by atoms with Gasteiger partial charge in [0.15, 0.2) is 5.78 Å². The third-order valence-electron chi connectivity index (χ3n) is 3.96. The summed E-state index contributed by atoms with van der Waals surface area (Å²) in [6.07, 6.45) is 11.3. The van der Waals surface area contributed by atoms with Crippen LogP contribution in [-0.4, -0.2) is 5.78 Å². The minimum absolute atomic E-state index is 0.0911. The van der Waals surface area contributed by atoms with Gasteiger partial charge in [-0.2, -0.15) is 0 Å². The maximum atomic E-state index is 11.7. The average molecular weight is 208 g/mol. The number of ketones is 1. The van der Waals surface area contributed by atoms with E-state index in [0.29, 0.717) is 11.7 Å². The van der Waals surface area contributed by atoms with Gasteiger partial charge in [-0.25, -0.2) is 0 Å². The molecule has 1 nitrogen and oxygen atoms in total. The molecule has 2 unspecified atom stereocenters. The second-order valence-corrected chi connectivity index (χ2v) is 4.95. The van der Waals surface area contributed by atoms with Gasteiger partial charge >= 0.3 is 0 Å². The normalized spacial score (nSPS) is 30.1. The van der Waals surface area contributed by atoms with E-state index in [4.69, 9.17) is 0 Å². The Morgan fingerprint density at radius 3 is 2.60 bits per heavy atom. The molecule has 0 saturated heterocycles. The molecule has 1 aliphatic rings. The van der Waals surface area contributed by atoms with Crippen LogP contribution < -0.4 is 0 Å². The van der Waals surface area contributed by atoms with E-state index in [-0.39, 0.29) is 5.41 Å². The quantitative estimate of drug-likeness (QED) is 0.600. The SMILES string of the molecule is CCCCCCC1C=CC(=O)C1(C)CC. The van der Waals surface area contributed by atoms with E-state index >= 15 is 0 Å². The van der Waals surface area contributed by atoms with E-state index < -0.39 is 0 Å². The van der Waals surface area contributed by atoms with Gasteiger partial charge in [0.2, 0.25) is 0 Å². The summed E-state index contributed by atoms with van der Waals surface area (Å²) in [7, 11) is 0. The van der Waals surface area contributed by atoms with Crippen LogP contribution in [0.25, 0.3) is 0 Å². The Labute approximate surface area is 93.9 Å². The molecule has 1 aliphatic carbocycles. The Balaban J connectivity index is 2.41. The molecule has 1 rings (SSSR count). The van der Waals surface area contributed by atoms with Crippen LogP contribution in [0.15, 0.2) is 12.2 Å². The van der Waals surface area contributed by atoms with E-state index in [9.17, 15) is 4.79 Å². The number of hydrogen-bond acceptors (Lipinski definition) is 1. The van der Waals surface area contributed by atoms with Gasteiger partial charge in [0.25, 0.3) is 0 Å². The predicted molar refractivity (Wildman–Crippen MR) is 64.8 cm³/mol. The van der Waals surface area contributed by atoms with Crippen molar-refractivity contribution in [3.05, 3.63) is 12.2 Å². The molecule has 0 aromatic rings. The van der Waals surface area contributed by atoms with Crippen LogP contribution in [0.3, 0.4) is 0 Å². The van der Waals surface area contributed by atoms with Crippen molar-refractivity contribution in [2.45, 2.75) is 59.3 Å². The largest absolute Gasteiger partial charge is 0.294 e. The molecule has 2 atom stereocenters. The number of carbonyl (C=O) groups is 1. The topological polar surface area (TPSA) is 17.1 Å². The summed E-state index contributed by atoms with van der Waals surface area (Å²) in [5, 5.41) is 0. The molecule has 0 aromatic heterocycles. The fourth-order valence-electron chi connectivity index (χ4n) is 2.43. The number of hydrogen-bond donors (Lipinski definition) is 0. The Kier molecular flexibility index (Phi) is 4.56. The highest BCUT2D eigenvalue weighted by Crippen LogP contribution is 2.41. The zero-order chi connectivity index (χ0) is 11.3. The van der Waals surface area contributed by atoms with Crippen LogP contribution in [0, 0.1) is 11.3 Å². The summed E-state index contributed by atoms with van der Waals surface area (Å²) in [6.45, 7) is 6.49. The molecule has 0 fully saturated rings. The molecule has 0 radical (unpaired) electrons. The second kappa shape index (κ2) is 5.48. The van der Waals surface area contributed by atoms with E-state index in [0.717, 1.165) is 6.42 Å². The van der Waals surface area contributed by atoms with Gasteiger partial charge in [-0.05, 0) is 24.8 Å². The van der Waals surface area contributed by atoms with Crippen molar-refractivity contribution in [2.24, 2.45) is 11.3 Å². The Hall–Kier alpha value is -0.590. The Bertz CT molecular complexity index is 242. The van der Waals surface area contributed by atoms with Crippen LogP contribution in [0.4, 0.5) is 0 Å². The minimum atomic E-state index is -0.0911. The summed E-state index contributed by atoms with van der Waals surface area (Å²) in [5.41, 5.74) is -0.0911. The summed E-state index contributed by atoms with van der Waals surface area (Å²) in [6, 6.07) is 0. The van der Waals surface area contributed by atoms with Gasteiger partial charge in [0.1, 0.15) is 0 Å². The van der Waals surface area contributed by atoms with Crippen LogP contribution in [0.5, 0.6) is 0 Å². The highest BCUT2D eigenvalue weighted by atomic mass is 16.1. The van der Waals surface area contributed by atoms with Gasteiger partial charge in [-0.3, -0.25) is 4.79 Å². The van der Waals surface area contributed by atoms with Crippen molar-refractivity contribution < 1.29 is 4.79 Å². The monoisotopic (exact) mass is 208 g/mol. The fraction of sp³-hybridized carbons (Fsp3) is 0.786. The van der Waals surface area contributed by atoms with Gasteiger partial charge in [-0.15, -0.1) is 0 Å². The van der Waals surface area contributed by atoms with Crippen molar-refractivity contribution in [3.63, 3.8) is 0 Å². The molecule has 15 heavy (non-hydrogen) atoms. The van der Waals surface area contributed by atoms with Crippen molar-refractivity contribution in [2.75, 3.05) is 0 Å². The number of rotatable bonds is 6. The summed E-state index contributed by atoms with van der Waals surface area (Å²) in [4.78, 5) is 11.7. The van der Waals surface area contributed by atoms with Gasteiger partial charge in [-0.1, -0.05) is 52.5 Å². The first-order valence-corrected chi connectivity index (χ1v) is 6.37. The van der Waals surface area contributed by atoms with Crippen LogP contribution in [0.1, 0.15) is 59.3 Å². The fourth-order valence-corrected chi connectivity index (χ4v) is 2.43. The highest BCUT2D eigenvalue weighted by Gasteiger charge is 2.40. The zero-order valence-electron chi connectivity index (χ0n) is 10.4. The minimum Gasteiger partial charge on any atom is -0.294 e. The first-order chi connectivity index (χ1) is 7.15. The molecule has 0 N–H and O–H groups in total. The summed E-state index contributed by atoms with van der Waals surface area (Å²) in [5.74, 6) is 0.831. The maximum Gasteiger partial charge on any atom is 0.161 e. The first-order valence-electron chi connectivity index (χ1n) is 6.37. The van der Waals surface area contributed by atoms with Crippen molar-refractivity contribution in [3.8, 4) is 0 Å². The summed E-state index contributed by atoms with van der Waals surface area (Å²) >= 11 is 0. The maximum absolute atomic E-state index is 11.7. The molecule has 0 aromatic carbocycles. The Morgan fingerprint density at radius 1 is 1.27 bits per heavy atom. The lowest BCUT2D eigenvalue weighted by atomic mass is 9.74. The molecule has 1 heteroatoms. The third kappa shape index (κ3) is 2.70. The van der Waals surface area contributed by atoms with Crippen LogP contribution in [0.2, 0.25) is 0 Å². The number of allylic oxidation sites excluding steroid dienone is 2. The van der Waals surface area contributed by atoms with Crippen LogP contribution >= 0.6 is 0 Å². The van der Waals surface area contributed by atoms with Crippen molar-refractivity contribution in [1.82, 2.24) is 0 Å². The molecule has 86 valence electrons. The van der Waals surface area contributed by atoms with E-state index in [1.54, 1.807) is 6.08 Å². The standard InChI is InChI=1S/C14H24O/c1-4-6-7-8-9-12-10-11-13(15)14(12,3)5-2/h10-12H,4-9H2,1-3H3. The van der Waals surface area contributed by atoms with Gasteiger partial charge < -0.3 is 0 Å². The summed E-state index contributed by atoms with van der Waals surface area (Å²) < 4.78 is 0. The lowest BCUT2D eigenvalue weighted by molar-refractivity contribution is -0.123. The first kappa shape index (κ1) is 12.5. The molecular formula is C14H24O. The molecule has 0 heterocycles. The van der Waals surface area contributed by atoms with E-state index in [1.165, 1.54) is 32.1 Å². The molecular weight excluding hydrogens is 184 g/mol. The predicted octanol–water partition coefficient (Wildman–Crippen LogP) is 4.13. The zero-order valence-corrected chi connectivity index (χ0v) is 10.4. The van der Waals surface area contributed by atoms with E-state index in [2.05, 4.69) is 26.8 Å². The van der Waals surface area contributed by atoms with Crippen molar-refractivity contribution in [1.29, 1.82) is 0 Å². The highest BCUT2D eigenvalue weighted by molar-refractivity contribution is 5.97. The number of carbonyl (C=O) groups excluding carboxylic acids is 1. The van der Waals surface area contributed by atoms with Gasteiger partial charge in [0, 0.05) is 5.41 Å². The third-order valence-corrected chi connectivity index (χ3v) is 3.96. The molecule has 0 spiro atoms. The van der Waals surface area contributed by atoms with Gasteiger partial charge in [0.05, 0.1) is 0 Å². The molecule has 0 amide bonds. The smallest absolute Gasteiger partial charge is 0.161 e. The number of unbranched alkanes of at least 4 members (excludes halogenated alkanes) is 3. The lowest BCUT2D eigenvalue weighted by Gasteiger charge is -2.28. The molecule has 0 saturated carbocycles. The molecule has 0 aliphatic heterocycles. The second-order valence-electron chi connectivity index (χ2n) is 4.95. The van der Waals surface area contributed by atoms with Crippen LogP contribution in [-0.2, 0) is 4.79 Å². The van der Waals surface area contributed by atoms with Crippen molar-refractivity contribution >= 4 is 5.78 Å². The van der Waals surface area contributed by atoms with E-state index in [1.807, 2.05) is 0 Å². The molecule has 0 bridgehead atoms. The average Bonchev–Trinajstić information content (AvgIpc) is 2.52. The Morgan fingerprint density at radius 2 is 2.00 bits per heavy atom.